The molecule has 0 saturated heterocycles. The van der Waals surface area contributed by atoms with Gasteiger partial charge in [0.1, 0.15) is 6.61 Å². The number of nitrogens with zero attached hydrogens (tertiary/aromatic N) is 1. The van der Waals surface area contributed by atoms with Crippen LogP contribution in [0.15, 0.2) is 4.99 Å². The quantitative estimate of drug-likeness (QED) is 0.199. The highest BCUT2D eigenvalue weighted by molar-refractivity contribution is 14.0. The van der Waals surface area contributed by atoms with Crippen molar-refractivity contribution in [3.63, 3.8) is 0 Å². The lowest BCUT2D eigenvalue weighted by atomic mass is 9.83. The zero-order valence-corrected chi connectivity index (χ0v) is 18.1. The first-order valence-corrected chi connectivity index (χ1v) is 9.06. The molecule has 1 aliphatic carbocycles. The molecule has 1 rings (SSSR count). The average molecular weight is 495 g/mol. The first kappa shape index (κ1) is 25.7. The van der Waals surface area contributed by atoms with Crippen molar-refractivity contribution in [2.24, 2.45) is 10.4 Å². The van der Waals surface area contributed by atoms with E-state index in [4.69, 9.17) is 9.73 Å². The van der Waals surface area contributed by atoms with Crippen LogP contribution in [0.3, 0.4) is 0 Å². The highest BCUT2D eigenvalue weighted by atomic mass is 127. The van der Waals surface area contributed by atoms with Crippen molar-refractivity contribution in [1.29, 1.82) is 0 Å². The number of hydrogen-bond donors (Lipinski definition) is 2. The van der Waals surface area contributed by atoms with Gasteiger partial charge in [0.15, 0.2) is 5.96 Å². The molecule has 0 aromatic carbocycles. The Kier molecular flexibility index (Phi) is 13.7. The molecule has 0 aromatic heterocycles. The molecule has 5 nitrogen and oxygen atoms in total. The van der Waals surface area contributed by atoms with Crippen LogP contribution in [0.2, 0.25) is 0 Å². The number of ether oxygens (including phenoxy) is 2. The van der Waals surface area contributed by atoms with Crippen LogP contribution < -0.4 is 10.6 Å². The lowest BCUT2D eigenvalue weighted by molar-refractivity contribution is -0.173. The molecule has 0 spiro atoms. The topological polar surface area (TPSA) is 54.9 Å². The van der Waals surface area contributed by atoms with Crippen LogP contribution in [-0.2, 0) is 9.47 Å². The maximum atomic E-state index is 12.0. The van der Waals surface area contributed by atoms with Gasteiger partial charge in [-0.15, -0.1) is 24.0 Å². The highest BCUT2D eigenvalue weighted by Crippen LogP contribution is 2.41. The van der Waals surface area contributed by atoms with Crippen LogP contribution in [0.5, 0.6) is 0 Å². The Balaban J connectivity index is 0.00000625. The molecule has 9 heteroatoms. The molecule has 0 aromatic rings. The van der Waals surface area contributed by atoms with Gasteiger partial charge in [0.2, 0.25) is 0 Å². The van der Waals surface area contributed by atoms with Crippen molar-refractivity contribution in [3.05, 3.63) is 0 Å². The van der Waals surface area contributed by atoms with E-state index in [9.17, 15) is 13.2 Å². The molecule has 1 saturated carbocycles. The molecule has 0 unspecified atom stereocenters. The van der Waals surface area contributed by atoms with Gasteiger partial charge in [0.25, 0.3) is 0 Å². The van der Waals surface area contributed by atoms with E-state index in [0.717, 1.165) is 26.1 Å². The summed E-state index contributed by atoms with van der Waals surface area (Å²) in [4.78, 5) is 4.70. The molecule has 1 aliphatic rings. The minimum atomic E-state index is -4.26. The summed E-state index contributed by atoms with van der Waals surface area (Å²) in [7, 11) is 1.72. The van der Waals surface area contributed by atoms with Gasteiger partial charge in [-0.2, -0.15) is 13.2 Å². The molecule has 0 bridgehead atoms. The molecule has 0 atom stereocenters. The Bertz CT molecular complexity index is 390. The third-order valence-corrected chi connectivity index (χ3v) is 4.44. The highest BCUT2D eigenvalue weighted by Gasteiger charge is 2.33. The maximum Gasteiger partial charge on any atom is 0.411 e. The van der Waals surface area contributed by atoms with Crippen molar-refractivity contribution >= 4 is 29.9 Å². The number of guanidine groups is 1. The standard InChI is InChI=1S/C17H32F3N3O2.HI/c1-3-21-15(22-10-6-11-25-14-17(18,19)20)23-13-16(9-12-24-2)7-4-5-8-16;/h3-14H2,1-2H3,(H2,21,22,23);1H. The van der Waals surface area contributed by atoms with Crippen LogP contribution in [0.1, 0.15) is 45.4 Å². The molecular formula is C17H33F3IN3O2. The second kappa shape index (κ2) is 13.8. The fourth-order valence-electron chi connectivity index (χ4n) is 3.09. The van der Waals surface area contributed by atoms with E-state index in [1.165, 1.54) is 25.7 Å². The molecule has 26 heavy (non-hydrogen) atoms. The molecule has 156 valence electrons. The Morgan fingerprint density at radius 3 is 2.42 bits per heavy atom. The van der Waals surface area contributed by atoms with E-state index < -0.39 is 12.8 Å². The van der Waals surface area contributed by atoms with E-state index in [1.807, 2.05) is 6.92 Å². The summed E-state index contributed by atoms with van der Waals surface area (Å²) in [6, 6.07) is 0. The SMILES string of the molecule is CCNC(=NCC1(CCOC)CCCC1)NCCCOCC(F)(F)F.I. The van der Waals surface area contributed by atoms with Crippen LogP contribution in [-0.4, -0.2) is 58.7 Å². The molecular weight excluding hydrogens is 462 g/mol. The summed E-state index contributed by atoms with van der Waals surface area (Å²) in [5.41, 5.74) is 0.216. The van der Waals surface area contributed by atoms with Crippen molar-refractivity contribution in [1.82, 2.24) is 10.6 Å². The van der Waals surface area contributed by atoms with Gasteiger partial charge < -0.3 is 20.1 Å². The van der Waals surface area contributed by atoms with E-state index in [2.05, 4.69) is 15.4 Å². The van der Waals surface area contributed by atoms with Crippen molar-refractivity contribution < 1.29 is 22.6 Å². The first-order chi connectivity index (χ1) is 11.9. The number of nitrogens with one attached hydrogen (secondary N) is 2. The normalized spacial score (nSPS) is 17.0. The van der Waals surface area contributed by atoms with Crippen molar-refractivity contribution in [3.8, 4) is 0 Å². The zero-order valence-electron chi connectivity index (χ0n) is 15.8. The van der Waals surface area contributed by atoms with E-state index in [1.54, 1.807) is 7.11 Å². The number of aliphatic imine (C=N–C) groups is 1. The fraction of sp³-hybridized carbons (Fsp3) is 0.941. The predicted octanol–water partition coefficient (Wildman–Crippen LogP) is 3.73. The predicted molar refractivity (Wildman–Crippen MR) is 108 cm³/mol. The summed E-state index contributed by atoms with van der Waals surface area (Å²) < 4.78 is 45.8. The van der Waals surface area contributed by atoms with Crippen LogP contribution in [0.25, 0.3) is 0 Å². The summed E-state index contributed by atoms with van der Waals surface area (Å²) in [5.74, 6) is 0.710. The van der Waals surface area contributed by atoms with E-state index in [0.29, 0.717) is 18.9 Å². The minimum absolute atomic E-state index is 0. The number of methoxy groups -OCH3 is 1. The molecule has 1 fully saturated rings. The van der Waals surface area contributed by atoms with E-state index >= 15 is 0 Å². The van der Waals surface area contributed by atoms with Crippen LogP contribution >= 0.6 is 24.0 Å². The molecule has 2 N–H and O–H groups in total. The van der Waals surface area contributed by atoms with Gasteiger partial charge >= 0.3 is 6.18 Å². The Morgan fingerprint density at radius 1 is 1.15 bits per heavy atom. The van der Waals surface area contributed by atoms with Gasteiger partial charge in [-0.05, 0) is 38.0 Å². The third-order valence-electron chi connectivity index (χ3n) is 4.44. The monoisotopic (exact) mass is 495 g/mol. The van der Waals surface area contributed by atoms with Gasteiger partial charge in [0.05, 0.1) is 0 Å². The lowest BCUT2D eigenvalue weighted by Crippen LogP contribution is -2.39. The van der Waals surface area contributed by atoms with E-state index in [-0.39, 0.29) is 36.0 Å². The summed E-state index contributed by atoms with van der Waals surface area (Å²) in [6.07, 6.45) is 2.06. The Hall–Kier alpha value is -0.290. The number of rotatable bonds is 11. The molecule has 0 aliphatic heterocycles. The van der Waals surface area contributed by atoms with Crippen molar-refractivity contribution in [2.45, 2.75) is 51.6 Å². The van der Waals surface area contributed by atoms with Gasteiger partial charge in [-0.3, -0.25) is 4.99 Å². The molecule has 0 amide bonds. The number of hydrogen-bond acceptors (Lipinski definition) is 3. The van der Waals surface area contributed by atoms with Crippen LogP contribution in [0.4, 0.5) is 13.2 Å². The smallest absolute Gasteiger partial charge is 0.385 e. The summed E-state index contributed by atoms with van der Waals surface area (Å²) >= 11 is 0. The average Bonchev–Trinajstić information content (AvgIpc) is 3.02. The second-order valence-corrected chi connectivity index (χ2v) is 6.59. The largest absolute Gasteiger partial charge is 0.411 e. The van der Waals surface area contributed by atoms with Gasteiger partial charge in [-0.1, -0.05) is 12.8 Å². The Morgan fingerprint density at radius 2 is 1.85 bits per heavy atom. The first-order valence-electron chi connectivity index (χ1n) is 9.06. The fourth-order valence-corrected chi connectivity index (χ4v) is 3.09. The third kappa shape index (κ3) is 11.4. The number of halogens is 4. The Labute approximate surface area is 171 Å². The molecule has 0 radical (unpaired) electrons. The number of alkyl halides is 3. The maximum absolute atomic E-state index is 12.0. The summed E-state index contributed by atoms with van der Waals surface area (Å²) in [6.45, 7) is 3.62. The van der Waals surface area contributed by atoms with Gasteiger partial charge in [0, 0.05) is 40.0 Å². The second-order valence-electron chi connectivity index (χ2n) is 6.59. The van der Waals surface area contributed by atoms with Gasteiger partial charge in [-0.25, -0.2) is 0 Å². The van der Waals surface area contributed by atoms with Crippen molar-refractivity contribution in [2.75, 3.05) is 46.6 Å². The molecule has 0 heterocycles. The summed E-state index contributed by atoms with van der Waals surface area (Å²) in [5, 5.41) is 6.34. The zero-order chi connectivity index (χ0) is 18.6. The minimum Gasteiger partial charge on any atom is -0.385 e. The lowest BCUT2D eigenvalue weighted by Gasteiger charge is -2.27. The van der Waals surface area contributed by atoms with Crippen LogP contribution in [0, 0.1) is 5.41 Å².